The number of carbonyl (C=O) groups excluding carboxylic acids is 1. The summed E-state index contributed by atoms with van der Waals surface area (Å²) in [5.41, 5.74) is 2.90. The number of piperidine rings is 1. The van der Waals surface area contributed by atoms with Gasteiger partial charge in [0.15, 0.2) is 5.82 Å². The van der Waals surface area contributed by atoms with Gasteiger partial charge < -0.3 is 14.7 Å². The minimum atomic E-state index is -0.688. The molecule has 1 amide bonds. The second-order valence-corrected chi connectivity index (χ2v) is 10.2. The molecule has 1 unspecified atom stereocenters. The van der Waals surface area contributed by atoms with Crippen LogP contribution in [0, 0.1) is 22.7 Å². The number of carboxylic acid groups (broad SMARTS) is 1. The maximum Gasteiger partial charge on any atom is 0.413 e. The molecular formula is C29H31N5O4. The highest BCUT2D eigenvalue weighted by atomic mass is 16.6. The Morgan fingerprint density at radius 3 is 2.39 bits per heavy atom. The van der Waals surface area contributed by atoms with E-state index in [1.165, 1.54) is 10.9 Å². The van der Waals surface area contributed by atoms with E-state index >= 15 is 0 Å². The van der Waals surface area contributed by atoms with Gasteiger partial charge in [-0.15, -0.1) is 0 Å². The number of aromatic nitrogens is 2. The van der Waals surface area contributed by atoms with E-state index in [4.69, 9.17) is 4.74 Å². The topological polar surface area (TPSA) is 120 Å². The molecule has 0 spiro atoms. The third kappa shape index (κ3) is 5.35. The summed E-state index contributed by atoms with van der Waals surface area (Å²) in [6.07, 6.45) is 4.63. The standard InChI is InChI=1S/C29H31N5O4/c1-20(21-5-3-2-4-6-21)38-28(37)32-27-22(18-30)19-31-34(27)25-9-7-24(8-10-25)33-15-11-23(12-16-33)29(13-14-29)17-26(35)36/h2-10,19-20,23H,11-17H2,1H3,(H,32,37)(H,35,36). The minimum absolute atomic E-state index is 0.0176. The van der Waals surface area contributed by atoms with Crippen molar-refractivity contribution in [3.05, 3.63) is 71.9 Å². The summed E-state index contributed by atoms with van der Waals surface area (Å²) in [6, 6.07) is 19.3. The number of hydrogen-bond acceptors (Lipinski definition) is 6. The van der Waals surface area contributed by atoms with E-state index in [0.29, 0.717) is 11.6 Å². The number of benzene rings is 2. The fourth-order valence-electron chi connectivity index (χ4n) is 5.57. The van der Waals surface area contributed by atoms with E-state index in [0.717, 1.165) is 50.0 Å². The van der Waals surface area contributed by atoms with Gasteiger partial charge >= 0.3 is 12.1 Å². The number of hydrogen-bond donors (Lipinski definition) is 2. The van der Waals surface area contributed by atoms with Gasteiger partial charge in [0.25, 0.3) is 0 Å². The molecule has 5 rings (SSSR count). The van der Waals surface area contributed by atoms with Crippen molar-refractivity contribution in [2.45, 2.75) is 45.1 Å². The number of aliphatic carboxylic acids is 1. The summed E-state index contributed by atoms with van der Waals surface area (Å²) >= 11 is 0. The van der Waals surface area contributed by atoms with Crippen molar-refractivity contribution in [2.24, 2.45) is 11.3 Å². The van der Waals surface area contributed by atoms with Crippen LogP contribution in [0.15, 0.2) is 60.8 Å². The second-order valence-electron chi connectivity index (χ2n) is 10.2. The number of rotatable bonds is 8. The van der Waals surface area contributed by atoms with E-state index in [2.05, 4.69) is 21.4 Å². The fourth-order valence-corrected chi connectivity index (χ4v) is 5.57. The van der Waals surface area contributed by atoms with Crippen LogP contribution in [0.2, 0.25) is 0 Å². The molecule has 2 heterocycles. The number of carboxylic acids is 1. The smallest absolute Gasteiger partial charge is 0.413 e. The normalized spacial score (nSPS) is 17.3. The maximum absolute atomic E-state index is 12.6. The van der Waals surface area contributed by atoms with E-state index in [-0.39, 0.29) is 23.2 Å². The average Bonchev–Trinajstić information content (AvgIpc) is 3.60. The molecule has 1 atom stereocenters. The SMILES string of the molecule is CC(OC(=O)Nc1c(C#N)cnn1-c1ccc(N2CCC(C3(CC(=O)O)CC3)CC2)cc1)c1ccccc1. The van der Waals surface area contributed by atoms with Crippen LogP contribution < -0.4 is 10.2 Å². The fraction of sp³-hybridized carbons (Fsp3) is 0.379. The lowest BCUT2D eigenvalue weighted by Crippen LogP contribution is -2.37. The summed E-state index contributed by atoms with van der Waals surface area (Å²) < 4.78 is 7.04. The van der Waals surface area contributed by atoms with Crippen LogP contribution in [0.5, 0.6) is 0 Å². The van der Waals surface area contributed by atoms with Crippen molar-refractivity contribution in [3.63, 3.8) is 0 Å². The van der Waals surface area contributed by atoms with Gasteiger partial charge in [0.05, 0.1) is 18.3 Å². The van der Waals surface area contributed by atoms with E-state index in [1.807, 2.05) is 54.6 Å². The summed E-state index contributed by atoms with van der Waals surface area (Å²) in [5, 5.41) is 25.8. The van der Waals surface area contributed by atoms with Crippen molar-refractivity contribution in [1.29, 1.82) is 5.26 Å². The molecule has 1 aliphatic heterocycles. The van der Waals surface area contributed by atoms with Crippen LogP contribution in [0.1, 0.15) is 56.3 Å². The van der Waals surface area contributed by atoms with Crippen LogP contribution >= 0.6 is 0 Å². The molecule has 2 fully saturated rings. The molecule has 0 radical (unpaired) electrons. The van der Waals surface area contributed by atoms with Gasteiger partial charge in [-0.1, -0.05) is 30.3 Å². The van der Waals surface area contributed by atoms with Gasteiger partial charge in [0, 0.05) is 18.8 Å². The highest BCUT2D eigenvalue weighted by Crippen LogP contribution is 2.57. The van der Waals surface area contributed by atoms with E-state index in [1.54, 1.807) is 6.92 Å². The van der Waals surface area contributed by atoms with Gasteiger partial charge in [-0.05, 0) is 73.8 Å². The zero-order chi connectivity index (χ0) is 26.7. The molecule has 38 heavy (non-hydrogen) atoms. The first-order chi connectivity index (χ1) is 18.4. The average molecular weight is 514 g/mol. The Hall–Kier alpha value is -4.32. The Morgan fingerprint density at radius 2 is 1.79 bits per heavy atom. The van der Waals surface area contributed by atoms with Crippen LogP contribution in [-0.2, 0) is 9.53 Å². The van der Waals surface area contributed by atoms with Crippen LogP contribution in [0.3, 0.4) is 0 Å². The molecule has 3 aromatic rings. The zero-order valence-corrected chi connectivity index (χ0v) is 21.3. The van der Waals surface area contributed by atoms with Gasteiger partial charge in [0.1, 0.15) is 17.7 Å². The summed E-state index contributed by atoms with van der Waals surface area (Å²) in [5.74, 6) is 0.0339. The van der Waals surface area contributed by atoms with E-state index in [9.17, 15) is 20.0 Å². The lowest BCUT2D eigenvalue weighted by molar-refractivity contribution is -0.139. The van der Waals surface area contributed by atoms with Crippen LogP contribution in [-0.4, -0.2) is 40.0 Å². The van der Waals surface area contributed by atoms with Crippen molar-refractivity contribution in [2.75, 3.05) is 23.3 Å². The van der Waals surface area contributed by atoms with Crippen LogP contribution in [0.4, 0.5) is 16.3 Å². The molecule has 196 valence electrons. The number of amides is 1. The second kappa shape index (κ2) is 10.6. The van der Waals surface area contributed by atoms with Crippen molar-refractivity contribution in [1.82, 2.24) is 9.78 Å². The first-order valence-electron chi connectivity index (χ1n) is 13.0. The largest absolute Gasteiger partial charge is 0.481 e. The quantitative estimate of drug-likeness (QED) is 0.406. The zero-order valence-electron chi connectivity index (χ0n) is 21.3. The number of nitrogens with zero attached hydrogens (tertiary/aromatic N) is 4. The number of anilines is 2. The number of ether oxygens (including phenoxy) is 1. The van der Waals surface area contributed by atoms with Crippen molar-refractivity contribution in [3.8, 4) is 11.8 Å². The lowest BCUT2D eigenvalue weighted by Gasteiger charge is -2.37. The Labute approximate surface area is 221 Å². The predicted octanol–water partition coefficient (Wildman–Crippen LogP) is 5.52. The number of carbonyl (C=O) groups is 2. The Morgan fingerprint density at radius 1 is 1.13 bits per heavy atom. The minimum Gasteiger partial charge on any atom is -0.481 e. The molecule has 9 nitrogen and oxygen atoms in total. The predicted molar refractivity (Wildman–Crippen MR) is 142 cm³/mol. The molecule has 0 bridgehead atoms. The van der Waals surface area contributed by atoms with Gasteiger partial charge in [-0.3, -0.25) is 10.1 Å². The number of nitrogens with one attached hydrogen (secondary N) is 1. The van der Waals surface area contributed by atoms with Crippen LogP contribution in [0.25, 0.3) is 5.69 Å². The number of nitriles is 1. The van der Waals surface area contributed by atoms with Gasteiger partial charge in [0.2, 0.25) is 0 Å². The van der Waals surface area contributed by atoms with E-state index < -0.39 is 18.2 Å². The summed E-state index contributed by atoms with van der Waals surface area (Å²) in [4.78, 5) is 26.2. The van der Waals surface area contributed by atoms with Gasteiger partial charge in [-0.25, -0.2) is 9.48 Å². The molecular weight excluding hydrogens is 482 g/mol. The van der Waals surface area contributed by atoms with Crippen molar-refractivity contribution < 1.29 is 19.4 Å². The first kappa shape index (κ1) is 25.3. The molecule has 1 aromatic heterocycles. The molecule has 2 aliphatic rings. The van der Waals surface area contributed by atoms with Gasteiger partial charge in [-0.2, -0.15) is 10.4 Å². The first-order valence-corrected chi connectivity index (χ1v) is 13.0. The highest BCUT2D eigenvalue weighted by molar-refractivity contribution is 5.86. The molecule has 1 aliphatic carbocycles. The highest BCUT2D eigenvalue weighted by Gasteiger charge is 2.50. The molecule has 1 saturated heterocycles. The molecule has 2 aromatic carbocycles. The molecule has 9 heteroatoms. The molecule has 2 N–H and O–H groups in total. The lowest BCUT2D eigenvalue weighted by atomic mass is 9.79. The third-order valence-electron chi connectivity index (χ3n) is 7.88. The summed E-state index contributed by atoms with van der Waals surface area (Å²) in [7, 11) is 0. The Balaban J connectivity index is 1.24. The van der Waals surface area contributed by atoms with Crippen molar-refractivity contribution >= 4 is 23.6 Å². The monoisotopic (exact) mass is 513 g/mol. The summed E-state index contributed by atoms with van der Waals surface area (Å²) in [6.45, 7) is 3.57. The molecule has 1 saturated carbocycles. The maximum atomic E-state index is 12.6. The Bertz CT molecular complexity index is 1330. The third-order valence-corrected chi connectivity index (χ3v) is 7.88. The Kier molecular flexibility index (Phi) is 7.05.